The highest BCUT2D eigenvalue weighted by Gasteiger charge is 2.29. The van der Waals surface area contributed by atoms with E-state index in [1.165, 1.54) is 6.42 Å². The van der Waals surface area contributed by atoms with Gasteiger partial charge in [0.05, 0.1) is 25.4 Å². The minimum atomic E-state index is -0.736. The van der Waals surface area contributed by atoms with Crippen LogP contribution in [0.5, 0.6) is 5.75 Å². The van der Waals surface area contributed by atoms with Gasteiger partial charge in [-0.3, -0.25) is 4.79 Å². The second kappa shape index (κ2) is 6.62. The Morgan fingerprint density at radius 2 is 2.13 bits per heavy atom. The van der Waals surface area contributed by atoms with Crippen LogP contribution in [0.25, 0.3) is 11.0 Å². The van der Waals surface area contributed by atoms with Crippen molar-refractivity contribution in [1.29, 1.82) is 0 Å². The summed E-state index contributed by atoms with van der Waals surface area (Å²) in [5.41, 5.74) is 0.813. The molecular formula is C18H23NO4. The van der Waals surface area contributed by atoms with Gasteiger partial charge in [-0.15, -0.1) is 0 Å². The van der Waals surface area contributed by atoms with Crippen LogP contribution >= 0.6 is 0 Å². The van der Waals surface area contributed by atoms with E-state index in [0.29, 0.717) is 12.1 Å². The largest absolute Gasteiger partial charge is 0.497 e. The first-order valence-electron chi connectivity index (χ1n) is 8.13. The number of hydrogen-bond acceptors (Lipinski definition) is 4. The minimum Gasteiger partial charge on any atom is -0.497 e. The first-order chi connectivity index (χ1) is 11.1. The van der Waals surface area contributed by atoms with Crippen LogP contribution in [0.4, 0.5) is 0 Å². The van der Waals surface area contributed by atoms with Gasteiger partial charge >= 0.3 is 0 Å². The molecule has 2 N–H and O–H groups in total. The Kier molecular flexibility index (Phi) is 4.57. The Hall–Kier alpha value is -2.01. The summed E-state index contributed by atoms with van der Waals surface area (Å²) in [6.07, 6.45) is 6.61. The standard InChI is InChI=1S/C18H23NO4/c1-22-14-5-6-15-13(11-23-16(15)10-14)9-17(20)19-12-18(21)7-3-2-4-8-18/h5-6,10-11,21H,2-4,7-9,12H2,1H3,(H,19,20). The van der Waals surface area contributed by atoms with Gasteiger partial charge in [0.1, 0.15) is 11.3 Å². The van der Waals surface area contributed by atoms with Crippen molar-refractivity contribution in [2.24, 2.45) is 0 Å². The van der Waals surface area contributed by atoms with E-state index in [1.807, 2.05) is 18.2 Å². The highest BCUT2D eigenvalue weighted by molar-refractivity contribution is 5.88. The zero-order valence-electron chi connectivity index (χ0n) is 13.4. The van der Waals surface area contributed by atoms with Gasteiger partial charge < -0.3 is 19.6 Å². The molecule has 5 heteroatoms. The number of carbonyl (C=O) groups excluding carboxylic acids is 1. The molecule has 1 fully saturated rings. The van der Waals surface area contributed by atoms with Gasteiger partial charge in [-0.2, -0.15) is 0 Å². The van der Waals surface area contributed by atoms with Gasteiger partial charge in [-0.1, -0.05) is 19.3 Å². The first-order valence-corrected chi connectivity index (χ1v) is 8.13. The fourth-order valence-electron chi connectivity index (χ4n) is 3.21. The summed E-state index contributed by atoms with van der Waals surface area (Å²) < 4.78 is 10.7. The van der Waals surface area contributed by atoms with Crippen LogP contribution in [0.3, 0.4) is 0 Å². The van der Waals surface area contributed by atoms with Gasteiger partial charge in [0.15, 0.2) is 0 Å². The van der Waals surface area contributed by atoms with Gasteiger partial charge in [0.25, 0.3) is 0 Å². The number of fused-ring (bicyclic) bond motifs is 1. The lowest BCUT2D eigenvalue weighted by molar-refractivity contribution is -0.122. The quantitative estimate of drug-likeness (QED) is 0.889. The summed E-state index contributed by atoms with van der Waals surface area (Å²) in [6, 6.07) is 5.56. The predicted molar refractivity (Wildman–Crippen MR) is 87.5 cm³/mol. The number of furan rings is 1. The fourth-order valence-corrected chi connectivity index (χ4v) is 3.21. The average Bonchev–Trinajstić information content (AvgIpc) is 2.96. The second-order valence-corrected chi connectivity index (χ2v) is 6.36. The third-order valence-electron chi connectivity index (χ3n) is 4.61. The van der Waals surface area contributed by atoms with Crippen LogP contribution in [0, 0.1) is 0 Å². The van der Waals surface area contributed by atoms with Crippen LogP contribution in [0.1, 0.15) is 37.7 Å². The van der Waals surface area contributed by atoms with Crippen molar-refractivity contribution >= 4 is 16.9 Å². The molecule has 0 radical (unpaired) electrons. The Labute approximate surface area is 135 Å². The first kappa shape index (κ1) is 15.9. The third-order valence-corrected chi connectivity index (χ3v) is 4.61. The fraction of sp³-hybridized carbons (Fsp3) is 0.500. The summed E-state index contributed by atoms with van der Waals surface area (Å²) in [5, 5.41) is 14.2. The molecule has 1 amide bonds. The Bertz CT molecular complexity index is 685. The summed E-state index contributed by atoms with van der Waals surface area (Å²) >= 11 is 0. The second-order valence-electron chi connectivity index (χ2n) is 6.36. The molecule has 1 heterocycles. The van der Waals surface area contributed by atoms with Crippen molar-refractivity contribution in [3.63, 3.8) is 0 Å². The van der Waals surface area contributed by atoms with Crippen molar-refractivity contribution < 1.29 is 19.1 Å². The van der Waals surface area contributed by atoms with E-state index in [2.05, 4.69) is 5.32 Å². The zero-order valence-corrected chi connectivity index (χ0v) is 13.4. The van der Waals surface area contributed by atoms with Gasteiger partial charge in [-0.05, 0) is 25.0 Å². The van der Waals surface area contributed by atoms with Crippen molar-refractivity contribution in [3.05, 3.63) is 30.0 Å². The van der Waals surface area contributed by atoms with Crippen molar-refractivity contribution in [1.82, 2.24) is 5.32 Å². The van der Waals surface area contributed by atoms with Crippen molar-refractivity contribution in [2.75, 3.05) is 13.7 Å². The highest BCUT2D eigenvalue weighted by Crippen LogP contribution is 2.28. The lowest BCUT2D eigenvalue weighted by Gasteiger charge is -2.32. The molecule has 1 aromatic carbocycles. The number of nitrogens with one attached hydrogen (secondary N) is 1. The van der Waals surface area contributed by atoms with Crippen LogP contribution in [0.2, 0.25) is 0 Å². The van der Waals surface area contributed by atoms with Crippen LogP contribution in [0.15, 0.2) is 28.9 Å². The predicted octanol–water partition coefficient (Wildman–Crippen LogP) is 2.80. The molecule has 0 bridgehead atoms. The molecule has 2 aromatic rings. The highest BCUT2D eigenvalue weighted by atomic mass is 16.5. The number of rotatable bonds is 5. The monoisotopic (exact) mass is 317 g/mol. The number of ether oxygens (including phenoxy) is 1. The van der Waals surface area contributed by atoms with E-state index < -0.39 is 5.60 Å². The van der Waals surface area contributed by atoms with Gasteiger partial charge in [-0.25, -0.2) is 0 Å². The SMILES string of the molecule is COc1ccc2c(CC(=O)NCC3(O)CCCCC3)coc2c1. The summed E-state index contributed by atoms with van der Waals surface area (Å²) in [5.74, 6) is 0.630. The normalized spacial score (nSPS) is 17.1. The number of carbonyl (C=O) groups is 1. The molecule has 0 aliphatic heterocycles. The maximum Gasteiger partial charge on any atom is 0.224 e. The van der Waals surface area contributed by atoms with E-state index in [0.717, 1.165) is 42.4 Å². The summed E-state index contributed by atoms with van der Waals surface area (Å²) in [6.45, 7) is 0.329. The van der Waals surface area contributed by atoms with E-state index in [9.17, 15) is 9.90 Å². The van der Waals surface area contributed by atoms with Crippen LogP contribution in [-0.2, 0) is 11.2 Å². The summed E-state index contributed by atoms with van der Waals surface area (Å²) in [4.78, 5) is 12.2. The van der Waals surface area contributed by atoms with E-state index >= 15 is 0 Å². The molecule has 3 rings (SSSR count). The molecule has 1 aliphatic carbocycles. The third kappa shape index (κ3) is 3.67. The number of aliphatic hydroxyl groups is 1. The lowest BCUT2D eigenvalue weighted by Crippen LogP contribution is -2.44. The molecule has 1 aromatic heterocycles. The maximum absolute atomic E-state index is 12.2. The van der Waals surface area contributed by atoms with Crippen LogP contribution < -0.4 is 10.1 Å². The van der Waals surface area contributed by atoms with Crippen molar-refractivity contribution in [3.8, 4) is 5.75 Å². The van der Waals surface area contributed by atoms with E-state index in [-0.39, 0.29) is 12.3 Å². The molecule has 0 saturated heterocycles. The van der Waals surface area contributed by atoms with E-state index in [1.54, 1.807) is 13.4 Å². The number of benzene rings is 1. The average molecular weight is 317 g/mol. The molecule has 1 aliphatic rings. The van der Waals surface area contributed by atoms with Gasteiger partial charge in [0, 0.05) is 23.6 Å². The number of amides is 1. The molecule has 0 unspecified atom stereocenters. The van der Waals surface area contributed by atoms with Crippen molar-refractivity contribution in [2.45, 2.75) is 44.1 Å². The topological polar surface area (TPSA) is 71.7 Å². The van der Waals surface area contributed by atoms with E-state index in [4.69, 9.17) is 9.15 Å². The number of methoxy groups -OCH3 is 1. The molecule has 23 heavy (non-hydrogen) atoms. The maximum atomic E-state index is 12.2. The Morgan fingerprint density at radius 3 is 2.87 bits per heavy atom. The molecule has 124 valence electrons. The molecular weight excluding hydrogens is 294 g/mol. The van der Waals surface area contributed by atoms with Crippen LogP contribution in [-0.4, -0.2) is 30.3 Å². The Balaban J connectivity index is 1.61. The zero-order chi connectivity index (χ0) is 16.3. The summed E-state index contributed by atoms with van der Waals surface area (Å²) in [7, 11) is 1.61. The van der Waals surface area contributed by atoms with Gasteiger partial charge in [0.2, 0.25) is 5.91 Å². The smallest absolute Gasteiger partial charge is 0.224 e. The minimum absolute atomic E-state index is 0.0949. The number of hydrogen-bond donors (Lipinski definition) is 2. The molecule has 0 atom stereocenters. The molecule has 0 spiro atoms. The molecule has 1 saturated carbocycles. The lowest BCUT2D eigenvalue weighted by atomic mass is 9.85. The Morgan fingerprint density at radius 1 is 1.35 bits per heavy atom. The molecule has 5 nitrogen and oxygen atoms in total.